The Bertz CT molecular complexity index is 117. The molecule has 0 aromatic heterocycles. The molecule has 3 nitrogen and oxygen atoms in total. The van der Waals surface area contributed by atoms with E-state index in [2.05, 4.69) is 0 Å². The van der Waals surface area contributed by atoms with E-state index in [1.165, 1.54) is 0 Å². The predicted octanol–water partition coefficient (Wildman–Crippen LogP) is 0.156. The monoisotopic (exact) mass is 160 g/mol. The zero-order valence-electron chi connectivity index (χ0n) is 6.92. The quantitative estimate of drug-likeness (QED) is 0.605. The molecule has 1 unspecified atom stereocenters. The molecule has 0 aliphatic carbocycles. The normalized spacial score (nSPS) is 39.0. The molecule has 1 rings (SSSR count). The number of hydrogen-bond donors (Lipinski definition) is 2. The smallest absolute Gasteiger partial charge is 0.0806 e. The molecular formula is C8H16O3. The third-order valence-corrected chi connectivity index (χ3v) is 2.32. The summed E-state index contributed by atoms with van der Waals surface area (Å²) in [5, 5.41) is 17.7. The van der Waals surface area contributed by atoms with Gasteiger partial charge in [0.2, 0.25) is 0 Å². The van der Waals surface area contributed by atoms with Crippen LogP contribution in [0.3, 0.4) is 0 Å². The average molecular weight is 160 g/mol. The van der Waals surface area contributed by atoms with Gasteiger partial charge < -0.3 is 14.9 Å². The van der Waals surface area contributed by atoms with Gasteiger partial charge in [-0.05, 0) is 12.8 Å². The summed E-state index contributed by atoms with van der Waals surface area (Å²) < 4.78 is 5.32. The number of ether oxygens (including phenoxy) is 1. The minimum atomic E-state index is -0.0777. The first-order valence-electron chi connectivity index (χ1n) is 4.03. The van der Waals surface area contributed by atoms with E-state index in [9.17, 15) is 0 Å². The van der Waals surface area contributed by atoms with Gasteiger partial charge in [-0.2, -0.15) is 0 Å². The van der Waals surface area contributed by atoms with Crippen LogP contribution in [-0.2, 0) is 4.74 Å². The summed E-state index contributed by atoms with van der Waals surface area (Å²) in [6.07, 6.45) is 1.79. The Balaban J connectivity index is 2.35. The Kier molecular flexibility index (Phi) is 2.87. The van der Waals surface area contributed by atoms with Gasteiger partial charge in [0.1, 0.15) is 0 Å². The fourth-order valence-electron chi connectivity index (χ4n) is 1.25. The fraction of sp³-hybridized carbons (Fsp3) is 1.00. The van der Waals surface area contributed by atoms with E-state index in [1.54, 1.807) is 0 Å². The number of aliphatic hydroxyl groups is 2. The molecule has 1 aliphatic rings. The second-order valence-corrected chi connectivity index (χ2v) is 3.62. The lowest BCUT2D eigenvalue weighted by Crippen LogP contribution is -2.37. The Morgan fingerprint density at radius 3 is 2.64 bits per heavy atom. The molecule has 3 heteroatoms. The lowest BCUT2D eigenvalue weighted by molar-refractivity contribution is -0.0905. The summed E-state index contributed by atoms with van der Waals surface area (Å²) in [5.41, 5.74) is -0.0777. The molecule has 11 heavy (non-hydrogen) atoms. The molecular weight excluding hydrogens is 144 g/mol. The maximum atomic E-state index is 8.97. The van der Waals surface area contributed by atoms with Crippen LogP contribution >= 0.6 is 0 Å². The van der Waals surface area contributed by atoms with Crippen molar-refractivity contribution in [2.45, 2.75) is 25.9 Å². The second-order valence-electron chi connectivity index (χ2n) is 3.62. The van der Waals surface area contributed by atoms with Crippen LogP contribution in [0.1, 0.15) is 19.8 Å². The first-order chi connectivity index (χ1) is 5.20. The lowest BCUT2D eigenvalue weighted by atomic mass is 9.84. The number of rotatable bonds is 2. The molecule has 2 N–H and O–H groups in total. The van der Waals surface area contributed by atoms with E-state index in [0.29, 0.717) is 6.61 Å². The van der Waals surface area contributed by atoms with Crippen LogP contribution in [0.2, 0.25) is 0 Å². The molecule has 1 saturated heterocycles. The van der Waals surface area contributed by atoms with E-state index in [4.69, 9.17) is 14.9 Å². The van der Waals surface area contributed by atoms with Crippen LogP contribution in [0, 0.1) is 5.41 Å². The van der Waals surface area contributed by atoms with Crippen molar-refractivity contribution >= 4 is 0 Å². The van der Waals surface area contributed by atoms with Gasteiger partial charge in [0.15, 0.2) is 0 Å². The zero-order chi connectivity index (χ0) is 8.32. The summed E-state index contributed by atoms with van der Waals surface area (Å²) in [5.74, 6) is 0. The van der Waals surface area contributed by atoms with Gasteiger partial charge in [0.05, 0.1) is 25.9 Å². The second kappa shape index (κ2) is 3.52. The molecule has 0 spiro atoms. The highest BCUT2D eigenvalue weighted by Gasteiger charge is 2.30. The number of hydrogen-bond acceptors (Lipinski definition) is 3. The van der Waals surface area contributed by atoms with Gasteiger partial charge in [0.25, 0.3) is 0 Å². The third kappa shape index (κ3) is 2.15. The van der Waals surface area contributed by atoms with Gasteiger partial charge in [-0.1, -0.05) is 6.92 Å². The summed E-state index contributed by atoms with van der Waals surface area (Å²) in [4.78, 5) is 0. The van der Waals surface area contributed by atoms with Gasteiger partial charge in [0, 0.05) is 5.41 Å². The molecule has 0 aromatic rings. The Labute approximate surface area is 67.0 Å². The fourth-order valence-corrected chi connectivity index (χ4v) is 1.25. The van der Waals surface area contributed by atoms with Gasteiger partial charge in [-0.15, -0.1) is 0 Å². The minimum absolute atomic E-state index is 0.00498. The lowest BCUT2D eigenvalue weighted by Gasteiger charge is -2.35. The highest BCUT2D eigenvalue weighted by Crippen LogP contribution is 2.29. The van der Waals surface area contributed by atoms with E-state index in [1.807, 2.05) is 6.92 Å². The van der Waals surface area contributed by atoms with Crippen molar-refractivity contribution in [3.8, 4) is 0 Å². The van der Waals surface area contributed by atoms with Crippen molar-refractivity contribution in [2.75, 3.05) is 19.8 Å². The molecule has 0 bridgehead atoms. The minimum Gasteiger partial charge on any atom is -0.396 e. The zero-order valence-corrected chi connectivity index (χ0v) is 6.92. The SMILES string of the molecule is C[C@]1(CO)CCC(CO)OC1. The first kappa shape index (κ1) is 8.97. The molecule has 2 atom stereocenters. The predicted molar refractivity (Wildman–Crippen MR) is 41.3 cm³/mol. The average Bonchev–Trinajstić information content (AvgIpc) is 2.06. The van der Waals surface area contributed by atoms with E-state index in [0.717, 1.165) is 12.8 Å². The standard InChI is InChI=1S/C8H16O3/c1-8(5-10)3-2-7(4-9)11-6-8/h7,9-10H,2-6H2,1H3/t7?,8-/m1/s1. The molecule has 0 saturated carbocycles. The summed E-state index contributed by atoms with van der Waals surface area (Å²) in [6.45, 7) is 2.84. The Morgan fingerprint density at radius 1 is 1.55 bits per heavy atom. The van der Waals surface area contributed by atoms with Crippen LogP contribution in [0.25, 0.3) is 0 Å². The van der Waals surface area contributed by atoms with Crippen molar-refractivity contribution in [3.05, 3.63) is 0 Å². The summed E-state index contributed by atoms with van der Waals surface area (Å²) >= 11 is 0. The topological polar surface area (TPSA) is 49.7 Å². The summed E-state index contributed by atoms with van der Waals surface area (Å²) in [6, 6.07) is 0. The van der Waals surface area contributed by atoms with Crippen LogP contribution in [0.4, 0.5) is 0 Å². The van der Waals surface area contributed by atoms with Gasteiger partial charge in [-0.25, -0.2) is 0 Å². The highest BCUT2D eigenvalue weighted by molar-refractivity contribution is 4.79. The van der Waals surface area contributed by atoms with Crippen molar-refractivity contribution in [1.29, 1.82) is 0 Å². The largest absolute Gasteiger partial charge is 0.396 e. The van der Waals surface area contributed by atoms with E-state index in [-0.39, 0.29) is 24.7 Å². The molecule has 1 fully saturated rings. The molecule has 0 radical (unpaired) electrons. The Hall–Kier alpha value is -0.120. The molecule has 1 aliphatic heterocycles. The third-order valence-electron chi connectivity index (χ3n) is 2.32. The van der Waals surface area contributed by atoms with Crippen molar-refractivity contribution in [2.24, 2.45) is 5.41 Å². The summed E-state index contributed by atoms with van der Waals surface area (Å²) in [7, 11) is 0. The Morgan fingerprint density at radius 2 is 2.27 bits per heavy atom. The van der Waals surface area contributed by atoms with Crippen LogP contribution in [-0.4, -0.2) is 36.1 Å². The molecule has 0 amide bonds. The molecule has 0 aromatic carbocycles. The maximum Gasteiger partial charge on any atom is 0.0806 e. The van der Waals surface area contributed by atoms with Gasteiger partial charge in [-0.3, -0.25) is 0 Å². The van der Waals surface area contributed by atoms with Crippen LogP contribution < -0.4 is 0 Å². The highest BCUT2D eigenvalue weighted by atomic mass is 16.5. The first-order valence-corrected chi connectivity index (χ1v) is 4.03. The van der Waals surface area contributed by atoms with Crippen LogP contribution in [0.5, 0.6) is 0 Å². The van der Waals surface area contributed by atoms with Crippen molar-refractivity contribution in [3.63, 3.8) is 0 Å². The van der Waals surface area contributed by atoms with Crippen molar-refractivity contribution in [1.82, 2.24) is 0 Å². The van der Waals surface area contributed by atoms with Crippen molar-refractivity contribution < 1.29 is 14.9 Å². The number of aliphatic hydroxyl groups excluding tert-OH is 2. The molecule has 1 heterocycles. The maximum absolute atomic E-state index is 8.97. The van der Waals surface area contributed by atoms with Crippen LogP contribution in [0.15, 0.2) is 0 Å². The molecule has 66 valence electrons. The van der Waals surface area contributed by atoms with Gasteiger partial charge >= 0.3 is 0 Å². The van der Waals surface area contributed by atoms with E-state index < -0.39 is 0 Å². The van der Waals surface area contributed by atoms with E-state index >= 15 is 0 Å².